The molecule has 0 saturated heterocycles. The van der Waals surface area contributed by atoms with Gasteiger partial charge in [0.25, 0.3) is 0 Å². The Morgan fingerprint density at radius 2 is 1.63 bits per heavy atom. The fourth-order valence-electron chi connectivity index (χ4n) is 2.68. The second-order valence-electron chi connectivity index (χ2n) is 6.26. The zero-order valence-corrected chi connectivity index (χ0v) is 16.4. The van der Waals surface area contributed by atoms with Crippen molar-refractivity contribution in [3.8, 4) is 0 Å². The molecule has 3 atom stereocenters. The topological polar surface area (TPSA) is 136 Å². The van der Waals surface area contributed by atoms with Crippen molar-refractivity contribution >= 4 is 13.8 Å². The number of nitrogens with one attached hydrogen (secondary N) is 1. The molecular formula is C18H28N3O5P. The summed E-state index contributed by atoms with van der Waals surface area (Å²) in [6.07, 6.45) is 4.93. The van der Waals surface area contributed by atoms with E-state index in [9.17, 15) is 5.11 Å². The molecule has 1 aromatic heterocycles. The summed E-state index contributed by atoms with van der Waals surface area (Å²) in [5.41, 5.74) is 1.28. The number of aromatic nitrogens is 2. The minimum atomic E-state index is -4.64. The number of hydrogen-bond donors (Lipinski definition) is 5. The molecule has 0 spiro atoms. The summed E-state index contributed by atoms with van der Waals surface area (Å²) in [5.74, 6) is 1.22. The van der Waals surface area contributed by atoms with E-state index >= 15 is 0 Å². The van der Waals surface area contributed by atoms with Crippen LogP contribution in [0, 0.1) is 5.92 Å². The maximum Gasteiger partial charge on any atom is 0.466 e. The summed E-state index contributed by atoms with van der Waals surface area (Å²) in [6.45, 7) is 4.90. The molecule has 1 aromatic carbocycles. The van der Waals surface area contributed by atoms with Crippen molar-refractivity contribution < 1.29 is 24.4 Å². The summed E-state index contributed by atoms with van der Waals surface area (Å²) >= 11 is 0. The number of benzene rings is 1. The van der Waals surface area contributed by atoms with Gasteiger partial charge in [-0.15, -0.1) is 0 Å². The van der Waals surface area contributed by atoms with E-state index in [1.54, 1.807) is 18.5 Å². The van der Waals surface area contributed by atoms with Gasteiger partial charge < -0.3 is 25.1 Å². The molecule has 5 N–H and O–H groups in total. The average molecular weight is 397 g/mol. The summed E-state index contributed by atoms with van der Waals surface area (Å²) in [6, 6.07) is 12.2. The molecule has 0 fully saturated rings. The predicted octanol–water partition coefficient (Wildman–Crippen LogP) is 2.54. The first kappa shape index (κ1) is 23.2. The first-order valence-corrected chi connectivity index (χ1v) is 10.3. The van der Waals surface area contributed by atoms with E-state index in [-0.39, 0.29) is 12.0 Å². The van der Waals surface area contributed by atoms with E-state index in [4.69, 9.17) is 19.2 Å². The second-order valence-corrected chi connectivity index (χ2v) is 7.29. The van der Waals surface area contributed by atoms with Gasteiger partial charge in [0.1, 0.15) is 0 Å². The molecule has 1 heterocycles. The zero-order chi connectivity index (χ0) is 20.3. The molecule has 8 nitrogen and oxygen atoms in total. The molecule has 0 aliphatic rings. The minimum absolute atomic E-state index is 0.251. The Labute approximate surface area is 159 Å². The maximum atomic E-state index is 10.1. The summed E-state index contributed by atoms with van der Waals surface area (Å²) in [4.78, 5) is 30.0. The first-order valence-electron chi connectivity index (χ1n) is 8.72. The van der Waals surface area contributed by atoms with Crippen LogP contribution < -0.4 is 5.32 Å². The van der Waals surface area contributed by atoms with E-state index < -0.39 is 7.82 Å². The number of rotatable bonds is 8. The molecule has 2 aromatic rings. The Hall–Kier alpha value is -1.83. The molecule has 9 heteroatoms. The standard InChI is InChI=1S/C18H25N3O.H3O4P/c1-3-17(22)14(2)12-16(15-8-5-4-6-9-15)13-21-18-19-10-7-11-20-18;1-5(2,3)4/h4-11,14,16-17,22H,3,12-13H2,1-2H3,(H,19,20,21);(H3,1,2,3,4). The van der Waals surface area contributed by atoms with E-state index in [0.717, 1.165) is 19.4 Å². The van der Waals surface area contributed by atoms with Crippen molar-refractivity contribution in [2.24, 2.45) is 5.92 Å². The monoisotopic (exact) mass is 397 g/mol. The van der Waals surface area contributed by atoms with Gasteiger partial charge in [0.2, 0.25) is 5.95 Å². The molecule has 150 valence electrons. The van der Waals surface area contributed by atoms with Gasteiger partial charge in [-0.25, -0.2) is 14.5 Å². The van der Waals surface area contributed by atoms with Crippen molar-refractivity contribution in [2.45, 2.75) is 38.7 Å². The highest BCUT2D eigenvalue weighted by Crippen LogP contribution is 2.27. The molecule has 2 rings (SSSR count). The first-order chi connectivity index (χ1) is 12.7. The third-order valence-electron chi connectivity index (χ3n) is 4.07. The fourth-order valence-corrected chi connectivity index (χ4v) is 2.68. The van der Waals surface area contributed by atoms with E-state index in [1.807, 2.05) is 13.0 Å². The number of nitrogens with zero attached hydrogens (tertiary/aromatic N) is 2. The predicted molar refractivity (Wildman–Crippen MR) is 104 cm³/mol. The van der Waals surface area contributed by atoms with Gasteiger partial charge >= 0.3 is 7.82 Å². The highest BCUT2D eigenvalue weighted by molar-refractivity contribution is 7.45. The normalized spacial score (nSPS) is 14.4. The van der Waals surface area contributed by atoms with Crippen molar-refractivity contribution in [3.05, 3.63) is 54.4 Å². The van der Waals surface area contributed by atoms with Crippen LogP contribution >= 0.6 is 7.82 Å². The molecule has 0 saturated carbocycles. The summed E-state index contributed by atoms with van der Waals surface area (Å²) in [5, 5.41) is 13.4. The molecule has 0 bridgehead atoms. The number of phosphoric acid groups is 1. The lowest BCUT2D eigenvalue weighted by atomic mass is 9.86. The average Bonchev–Trinajstić information content (AvgIpc) is 2.64. The van der Waals surface area contributed by atoms with E-state index in [0.29, 0.717) is 11.9 Å². The SMILES string of the molecule is CCC(O)C(C)CC(CNc1ncccn1)c1ccccc1.O=P(O)(O)O. The van der Waals surface area contributed by atoms with E-state index in [1.165, 1.54) is 5.56 Å². The van der Waals surface area contributed by atoms with Crippen LogP contribution in [-0.4, -0.2) is 42.4 Å². The van der Waals surface area contributed by atoms with Crippen LogP contribution in [0.1, 0.15) is 38.2 Å². The summed E-state index contributed by atoms with van der Waals surface area (Å²) < 4.78 is 8.88. The Kier molecular flexibility index (Phi) is 10.1. The number of hydrogen-bond acceptors (Lipinski definition) is 5. The van der Waals surface area contributed by atoms with Gasteiger partial charge in [0.15, 0.2) is 0 Å². The molecule has 3 unspecified atom stereocenters. The third-order valence-corrected chi connectivity index (χ3v) is 4.07. The largest absolute Gasteiger partial charge is 0.466 e. The van der Waals surface area contributed by atoms with Gasteiger partial charge in [-0.3, -0.25) is 0 Å². The van der Waals surface area contributed by atoms with Gasteiger partial charge in [0, 0.05) is 24.9 Å². The Balaban J connectivity index is 0.000000646. The van der Waals surface area contributed by atoms with Gasteiger partial charge in [0.05, 0.1) is 6.10 Å². The van der Waals surface area contributed by atoms with Gasteiger partial charge in [-0.05, 0) is 30.4 Å². The zero-order valence-electron chi connectivity index (χ0n) is 15.5. The Bertz CT molecular complexity index is 676. The van der Waals surface area contributed by atoms with Crippen LogP contribution in [0.2, 0.25) is 0 Å². The van der Waals surface area contributed by atoms with Gasteiger partial charge in [-0.1, -0.05) is 44.2 Å². The van der Waals surface area contributed by atoms with Crippen LogP contribution in [-0.2, 0) is 4.57 Å². The number of aliphatic hydroxyl groups excluding tert-OH is 1. The molecule has 0 amide bonds. The summed E-state index contributed by atoms with van der Waals surface area (Å²) in [7, 11) is -4.64. The highest BCUT2D eigenvalue weighted by atomic mass is 31.2. The second kappa shape index (κ2) is 11.8. The van der Waals surface area contributed by atoms with Gasteiger partial charge in [-0.2, -0.15) is 0 Å². The van der Waals surface area contributed by atoms with Crippen LogP contribution in [0.4, 0.5) is 5.95 Å². The molecule has 0 radical (unpaired) electrons. The van der Waals surface area contributed by atoms with Crippen molar-refractivity contribution in [1.29, 1.82) is 0 Å². The molecule has 0 aliphatic heterocycles. The van der Waals surface area contributed by atoms with Crippen molar-refractivity contribution in [1.82, 2.24) is 9.97 Å². The Morgan fingerprint density at radius 3 is 2.15 bits per heavy atom. The molecule has 27 heavy (non-hydrogen) atoms. The third kappa shape index (κ3) is 10.8. The van der Waals surface area contributed by atoms with Crippen LogP contribution in [0.25, 0.3) is 0 Å². The highest BCUT2D eigenvalue weighted by Gasteiger charge is 2.20. The maximum absolute atomic E-state index is 10.1. The van der Waals surface area contributed by atoms with Crippen LogP contribution in [0.15, 0.2) is 48.8 Å². The smallest absolute Gasteiger partial charge is 0.393 e. The minimum Gasteiger partial charge on any atom is -0.393 e. The quantitative estimate of drug-likeness (QED) is 0.429. The van der Waals surface area contributed by atoms with Crippen LogP contribution in [0.5, 0.6) is 0 Å². The van der Waals surface area contributed by atoms with Crippen molar-refractivity contribution in [3.63, 3.8) is 0 Å². The van der Waals surface area contributed by atoms with E-state index in [2.05, 4.69) is 46.5 Å². The molecular weight excluding hydrogens is 369 g/mol. The Morgan fingerprint density at radius 1 is 1.07 bits per heavy atom. The van der Waals surface area contributed by atoms with Crippen molar-refractivity contribution in [2.75, 3.05) is 11.9 Å². The molecule has 0 aliphatic carbocycles. The lowest BCUT2D eigenvalue weighted by Crippen LogP contribution is -2.23. The lowest BCUT2D eigenvalue weighted by molar-refractivity contribution is 0.104. The number of aliphatic hydroxyl groups is 1. The fraction of sp³-hybridized carbons (Fsp3) is 0.444. The number of anilines is 1. The van der Waals surface area contributed by atoms with Crippen LogP contribution in [0.3, 0.4) is 0 Å². The lowest BCUT2D eigenvalue weighted by Gasteiger charge is -2.24.